The van der Waals surface area contributed by atoms with Crippen molar-refractivity contribution < 1.29 is 18.3 Å². The van der Waals surface area contributed by atoms with E-state index in [-0.39, 0.29) is 11.8 Å². The van der Waals surface area contributed by atoms with Crippen LogP contribution in [0.2, 0.25) is 0 Å². The van der Waals surface area contributed by atoms with Gasteiger partial charge in [-0.15, -0.1) is 0 Å². The van der Waals surface area contributed by atoms with Crippen molar-refractivity contribution in [2.45, 2.75) is 11.5 Å². The van der Waals surface area contributed by atoms with Crippen LogP contribution in [0.3, 0.4) is 0 Å². The Labute approximate surface area is 142 Å². The maximum absolute atomic E-state index is 12.1. The van der Waals surface area contributed by atoms with Crippen LogP contribution in [0.15, 0.2) is 53.4 Å². The van der Waals surface area contributed by atoms with E-state index < -0.39 is 6.61 Å². The molecule has 126 valence electrons. The quantitative estimate of drug-likeness (QED) is 0.774. The Morgan fingerprint density at radius 3 is 2.42 bits per heavy atom. The van der Waals surface area contributed by atoms with Gasteiger partial charge in [0.1, 0.15) is 5.75 Å². The molecule has 1 saturated heterocycles. The summed E-state index contributed by atoms with van der Waals surface area (Å²) in [5.74, 6) is 0.119. The van der Waals surface area contributed by atoms with Crippen molar-refractivity contribution in [2.75, 3.05) is 22.7 Å². The number of alkyl halides is 2. The van der Waals surface area contributed by atoms with Crippen LogP contribution < -0.4 is 19.7 Å². The molecular weight excluding hydrogens is 336 g/mol. The molecule has 0 atom stereocenters. The zero-order valence-electron chi connectivity index (χ0n) is 12.5. The lowest BCUT2D eigenvalue weighted by atomic mass is 10.3. The van der Waals surface area contributed by atoms with Gasteiger partial charge in [0.05, 0.1) is 0 Å². The molecular formula is C16H15F2N3O2S. The molecule has 0 saturated carbocycles. The molecule has 0 unspecified atom stereocenters. The van der Waals surface area contributed by atoms with E-state index in [1.54, 1.807) is 17.0 Å². The highest BCUT2D eigenvalue weighted by molar-refractivity contribution is 8.00. The van der Waals surface area contributed by atoms with Crippen molar-refractivity contribution in [1.29, 1.82) is 0 Å². The summed E-state index contributed by atoms with van der Waals surface area (Å²) in [6.07, 6.45) is 0. The van der Waals surface area contributed by atoms with Gasteiger partial charge in [0.15, 0.2) is 0 Å². The fraction of sp³-hybridized carbons (Fsp3) is 0.188. The Morgan fingerprint density at radius 2 is 1.83 bits per heavy atom. The summed E-state index contributed by atoms with van der Waals surface area (Å²) in [7, 11) is 0. The Bertz CT molecular complexity index is 695. The third-order valence-corrected chi connectivity index (χ3v) is 4.22. The summed E-state index contributed by atoms with van der Waals surface area (Å²) in [4.78, 5) is 14.3. The highest BCUT2D eigenvalue weighted by Gasteiger charge is 2.20. The van der Waals surface area contributed by atoms with E-state index in [4.69, 9.17) is 0 Å². The molecule has 2 aromatic rings. The second kappa shape index (κ2) is 7.39. The summed E-state index contributed by atoms with van der Waals surface area (Å²) in [6, 6.07) is 13.8. The molecule has 2 amide bonds. The Hall–Kier alpha value is -2.48. The molecule has 24 heavy (non-hydrogen) atoms. The summed E-state index contributed by atoms with van der Waals surface area (Å²) in [5, 5.41) is 2.76. The number of hydrogen-bond donors (Lipinski definition) is 2. The molecule has 0 bridgehead atoms. The summed E-state index contributed by atoms with van der Waals surface area (Å²) >= 11 is 1.39. The Kier molecular flexibility index (Phi) is 5.05. The fourth-order valence-corrected chi connectivity index (χ4v) is 2.88. The lowest BCUT2D eigenvalue weighted by Gasteiger charge is -2.14. The van der Waals surface area contributed by atoms with Crippen LogP contribution in [0.25, 0.3) is 0 Å². The molecule has 8 heteroatoms. The van der Waals surface area contributed by atoms with Crippen molar-refractivity contribution in [3.63, 3.8) is 0 Å². The fourth-order valence-electron chi connectivity index (χ4n) is 2.23. The minimum absolute atomic E-state index is 0.0837. The number of nitrogens with zero attached hydrogens (tertiary/aromatic N) is 1. The molecule has 0 aliphatic carbocycles. The maximum Gasteiger partial charge on any atom is 0.387 e. The summed E-state index contributed by atoms with van der Waals surface area (Å²) in [5.41, 5.74) is 1.62. The van der Waals surface area contributed by atoms with Crippen LogP contribution in [0.1, 0.15) is 0 Å². The highest BCUT2D eigenvalue weighted by Crippen LogP contribution is 2.26. The predicted molar refractivity (Wildman–Crippen MR) is 89.7 cm³/mol. The molecule has 1 aliphatic heterocycles. The van der Waals surface area contributed by atoms with Gasteiger partial charge in [0.25, 0.3) is 0 Å². The number of urea groups is 1. The van der Waals surface area contributed by atoms with Crippen molar-refractivity contribution in [1.82, 2.24) is 5.32 Å². The van der Waals surface area contributed by atoms with Gasteiger partial charge in [-0.05, 0) is 60.5 Å². The molecule has 0 radical (unpaired) electrons. The second-order valence-corrected chi connectivity index (χ2v) is 5.86. The number of ether oxygens (including phenoxy) is 1. The SMILES string of the molecule is O=C1NCCN1c1ccc(SNc2ccc(OC(F)F)cc2)cc1. The first kappa shape index (κ1) is 16.4. The minimum Gasteiger partial charge on any atom is -0.435 e. The van der Waals surface area contributed by atoms with E-state index in [2.05, 4.69) is 14.8 Å². The normalized spacial score (nSPS) is 14.0. The number of nitrogens with one attached hydrogen (secondary N) is 2. The average Bonchev–Trinajstić information content (AvgIpc) is 3.00. The van der Waals surface area contributed by atoms with Gasteiger partial charge in [0.2, 0.25) is 0 Å². The molecule has 5 nitrogen and oxygen atoms in total. The molecule has 0 spiro atoms. The van der Waals surface area contributed by atoms with Crippen molar-refractivity contribution >= 4 is 29.4 Å². The summed E-state index contributed by atoms with van der Waals surface area (Å²) in [6.45, 7) is -1.51. The van der Waals surface area contributed by atoms with Gasteiger partial charge in [-0.25, -0.2) is 4.79 Å². The highest BCUT2D eigenvalue weighted by atomic mass is 32.2. The monoisotopic (exact) mass is 351 g/mol. The topological polar surface area (TPSA) is 53.6 Å². The van der Waals surface area contributed by atoms with E-state index in [1.807, 2.05) is 24.3 Å². The first-order valence-corrected chi connectivity index (χ1v) is 8.06. The number of carbonyl (C=O) groups excluding carboxylic acids is 1. The molecule has 1 aliphatic rings. The predicted octanol–water partition coefficient (Wildman–Crippen LogP) is 3.94. The smallest absolute Gasteiger partial charge is 0.387 e. The number of carbonyl (C=O) groups is 1. The number of anilines is 2. The van der Waals surface area contributed by atoms with Crippen molar-refractivity contribution in [2.24, 2.45) is 0 Å². The summed E-state index contributed by atoms with van der Waals surface area (Å²) < 4.78 is 31.6. The van der Waals surface area contributed by atoms with Gasteiger partial charge in [0, 0.05) is 29.4 Å². The molecule has 1 heterocycles. The number of hydrogen-bond acceptors (Lipinski definition) is 4. The van der Waals surface area contributed by atoms with Gasteiger partial charge in [-0.3, -0.25) is 4.90 Å². The van der Waals surface area contributed by atoms with Crippen LogP contribution in [-0.4, -0.2) is 25.7 Å². The number of rotatable bonds is 6. The van der Waals surface area contributed by atoms with Gasteiger partial charge < -0.3 is 14.8 Å². The lowest BCUT2D eigenvalue weighted by Crippen LogP contribution is -2.27. The van der Waals surface area contributed by atoms with Crippen LogP contribution in [0.5, 0.6) is 5.75 Å². The first-order valence-electron chi connectivity index (χ1n) is 7.25. The second-order valence-electron chi connectivity index (χ2n) is 4.98. The maximum atomic E-state index is 12.1. The zero-order chi connectivity index (χ0) is 16.9. The third-order valence-electron chi connectivity index (χ3n) is 3.37. The van der Waals surface area contributed by atoms with Gasteiger partial charge in [-0.2, -0.15) is 8.78 Å². The van der Waals surface area contributed by atoms with Crippen LogP contribution >= 0.6 is 11.9 Å². The lowest BCUT2D eigenvalue weighted by molar-refractivity contribution is -0.0498. The standard InChI is InChI=1S/C16H15F2N3O2S/c17-15(18)23-13-5-1-11(2-6-13)20-24-14-7-3-12(4-8-14)21-10-9-19-16(21)22/h1-8,15,20H,9-10H2,(H,19,22). The molecule has 2 aromatic carbocycles. The Morgan fingerprint density at radius 1 is 1.12 bits per heavy atom. The van der Waals surface area contributed by atoms with Crippen LogP contribution in [-0.2, 0) is 0 Å². The van der Waals surface area contributed by atoms with Crippen molar-refractivity contribution in [3.05, 3.63) is 48.5 Å². The minimum atomic E-state index is -2.82. The van der Waals surface area contributed by atoms with E-state index in [0.717, 1.165) is 16.3 Å². The van der Waals surface area contributed by atoms with Crippen LogP contribution in [0, 0.1) is 0 Å². The van der Waals surface area contributed by atoms with Gasteiger partial charge in [-0.1, -0.05) is 0 Å². The molecule has 3 rings (SSSR count). The molecule has 1 fully saturated rings. The third kappa shape index (κ3) is 4.08. The Balaban J connectivity index is 1.55. The number of benzene rings is 2. The largest absolute Gasteiger partial charge is 0.435 e. The first-order chi connectivity index (χ1) is 11.6. The van der Waals surface area contributed by atoms with E-state index in [9.17, 15) is 13.6 Å². The zero-order valence-corrected chi connectivity index (χ0v) is 13.4. The van der Waals surface area contributed by atoms with E-state index in [1.165, 1.54) is 24.1 Å². The van der Waals surface area contributed by atoms with E-state index >= 15 is 0 Å². The van der Waals surface area contributed by atoms with Crippen molar-refractivity contribution in [3.8, 4) is 5.75 Å². The van der Waals surface area contributed by atoms with Crippen LogP contribution in [0.4, 0.5) is 25.0 Å². The molecule has 0 aromatic heterocycles. The number of halogens is 2. The van der Waals surface area contributed by atoms with E-state index in [0.29, 0.717) is 13.1 Å². The number of amides is 2. The van der Waals surface area contributed by atoms with Gasteiger partial charge >= 0.3 is 12.6 Å². The average molecular weight is 351 g/mol. The molecule has 2 N–H and O–H groups in total.